The molecule has 0 bridgehead atoms. The van der Waals surface area contributed by atoms with Crippen molar-refractivity contribution < 1.29 is 19.4 Å². The van der Waals surface area contributed by atoms with E-state index in [1.165, 1.54) is 16.7 Å². The van der Waals surface area contributed by atoms with Crippen molar-refractivity contribution in [2.24, 2.45) is 4.99 Å². The number of hydrogen-bond acceptors (Lipinski definition) is 5. The number of carbonyl (C=O) groups excluding carboxylic acids is 1. The van der Waals surface area contributed by atoms with Gasteiger partial charge < -0.3 is 9.84 Å². The van der Waals surface area contributed by atoms with E-state index in [0.717, 1.165) is 5.75 Å². The Morgan fingerprint density at radius 1 is 1.43 bits per heavy atom. The molecule has 2 rings (SSSR count). The molecule has 1 fully saturated rings. The lowest BCUT2D eigenvalue weighted by Gasteiger charge is -2.13. The molecule has 1 aromatic rings. The van der Waals surface area contributed by atoms with E-state index in [2.05, 4.69) is 4.99 Å². The van der Waals surface area contributed by atoms with Gasteiger partial charge in [0, 0.05) is 6.54 Å². The molecule has 1 amide bonds. The third-order valence-electron chi connectivity index (χ3n) is 2.99. The van der Waals surface area contributed by atoms with Gasteiger partial charge in [-0.15, -0.1) is 0 Å². The molecule has 0 aromatic heterocycles. The summed E-state index contributed by atoms with van der Waals surface area (Å²) in [7, 11) is 1.59. The van der Waals surface area contributed by atoms with Gasteiger partial charge in [-0.3, -0.25) is 14.5 Å². The smallest absolute Gasteiger partial charge is 0.305 e. The number of carboxylic acid groups (broad SMARTS) is 1. The second-order valence-corrected chi connectivity index (χ2v) is 5.55. The summed E-state index contributed by atoms with van der Waals surface area (Å²) >= 11 is 1.20. The number of carbonyl (C=O) groups is 2. The normalized spacial score (nSPS) is 20.1. The molecule has 1 saturated heterocycles. The van der Waals surface area contributed by atoms with Gasteiger partial charge in [-0.25, -0.2) is 4.99 Å². The summed E-state index contributed by atoms with van der Waals surface area (Å²) < 4.78 is 5.08. The second-order valence-electron chi connectivity index (χ2n) is 4.38. The summed E-state index contributed by atoms with van der Waals surface area (Å²) in [6.07, 6.45) is -0.193. The van der Waals surface area contributed by atoms with E-state index in [-0.39, 0.29) is 12.3 Å². The first-order chi connectivity index (χ1) is 10.0. The van der Waals surface area contributed by atoms with Crippen molar-refractivity contribution in [3.63, 3.8) is 0 Å². The van der Waals surface area contributed by atoms with Gasteiger partial charge in [0.1, 0.15) is 11.0 Å². The van der Waals surface area contributed by atoms with Crippen LogP contribution in [0.3, 0.4) is 0 Å². The Kier molecular flexibility index (Phi) is 4.85. The highest BCUT2D eigenvalue weighted by molar-refractivity contribution is 8.15. The van der Waals surface area contributed by atoms with Crippen LogP contribution in [0.25, 0.3) is 0 Å². The fourth-order valence-electron chi connectivity index (χ4n) is 1.94. The quantitative estimate of drug-likeness (QED) is 0.901. The molecule has 1 aromatic carbocycles. The van der Waals surface area contributed by atoms with Crippen molar-refractivity contribution in [2.45, 2.75) is 18.6 Å². The van der Waals surface area contributed by atoms with Gasteiger partial charge in [0.2, 0.25) is 5.91 Å². The molecule has 7 heteroatoms. The minimum absolute atomic E-state index is 0.193. The van der Waals surface area contributed by atoms with Crippen molar-refractivity contribution in [1.29, 1.82) is 0 Å². The molecule has 1 aliphatic heterocycles. The van der Waals surface area contributed by atoms with Gasteiger partial charge >= 0.3 is 5.97 Å². The monoisotopic (exact) mass is 308 g/mol. The Balaban J connectivity index is 2.22. The van der Waals surface area contributed by atoms with Crippen molar-refractivity contribution >= 4 is 34.5 Å². The number of rotatable bonds is 5. The lowest BCUT2D eigenvalue weighted by atomic mass is 10.3. The van der Waals surface area contributed by atoms with Crippen molar-refractivity contribution in [2.75, 3.05) is 13.7 Å². The van der Waals surface area contributed by atoms with E-state index < -0.39 is 11.2 Å². The number of aliphatic imine (C=N–C) groups is 1. The average Bonchev–Trinajstić information content (AvgIpc) is 2.74. The summed E-state index contributed by atoms with van der Waals surface area (Å²) in [5.74, 6) is -0.454. The Morgan fingerprint density at radius 2 is 2.10 bits per heavy atom. The fourth-order valence-corrected chi connectivity index (χ4v) is 3.15. The first-order valence-corrected chi connectivity index (χ1v) is 7.35. The second kappa shape index (κ2) is 6.62. The molecule has 0 radical (unpaired) electrons. The maximum absolute atomic E-state index is 12.1. The maximum Gasteiger partial charge on any atom is 0.305 e. The zero-order valence-corrected chi connectivity index (χ0v) is 12.6. The number of amides is 1. The maximum atomic E-state index is 12.1. The SMILES string of the molecule is CCN1C(=O)[C@H](CC(=O)O)SC1=Nc1ccc(OC)cc1. The number of thioether (sulfide) groups is 1. The Labute approximate surface area is 126 Å². The van der Waals surface area contributed by atoms with Gasteiger partial charge in [-0.05, 0) is 31.2 Å². The molecular formula is C14H16N2O4S. The fraction of sp³-hybridized carbons (Fsp3) is 0.357. The lowest BCUT2D eigenvalue weighted by Crippen LogP contribution is -2.32. The van der Waals surface area contributed by atoms with Crippen LogP contribution in [0.4, 0.5) is 5.69 Å². The first kappa shape index (κ1) is 15.4. The summed E-state index contributed by atoms with van der Waals surface area (Å²) in [6.45, 7) is 2.31. The Morgan fingerprint density at radius 3 is 2.62 bits per heavy atom. The zero-order valence-electron chi connectivity index (χ0n) is 11.8. The van der Waals surface area contributed by atoms with Crippen LogP contribution in [0.5, 0.6) is 5.75 Å². The number of methoxy groups -OCH3 is 1. The highest BCUT2D eigenvalue weighted by Gasteiger charge is 2.38. The predicted octanol–water partition coefficient (Wildman–Crippen LogP) is 2.12. The minimum atomic E-state index is -0.984. The summed E-state index contributed by atoms with van der Waals surface area (Å²) in [6, 6.07) is 7.14. The van der Waals surface area contributed by atoms with E-state index in [1.54, 1.807) is 31.4 Å². The number of ether oxygens (including phenoxy) is 1. The van der Waals surface area contributed by atoms with Crippen LogP contribution in [0.1, 0.15) is 13.3 Å². The molecule has 112 valence electrons. The van der Waals surface area contributed by atoms with Crippen molar-refractivity contribution in [3.05, 3.63) is 24.3 Å². The summed E-state index contributed by atoms with van der Waals surface area (Å²) in [5, 5.41) is 8.79. The standard InChI is InChI=1S/C14H16N2O4S/c1-3-16-13(19)11(8-12(17)18)21-14(16)15-9-4-6-10(20-2)7-5-9/h4-7,11H,3,8H2,1-2H3,(H,17,18)/t11-/m0/s1. The molecule has 1 atom stereocenters. The third kappa shape index (κ3) is 3.55. The van der Waals surface area contributed by atoms with E-state index >= 15 is 0 Å². The first-order valence-electron chi connectivity index (χ1n) is 6.47. The predicted molar refractivity (Wildman–Crippen MR) is 81.1 cm³/mol. The molecule has 1 heterocycles. The Bertz CT molecular complexity index is 571. The third-order valence-corrected chi connectivity index (χ3v) is 4.17. The molecule has 1 aliphatic rings. The number of aliphatic carboxylic acids is 1. The van der Waals surface area contributed by atoms with E-state index in [1.807, 2.05) is 6.92 Å². The van der Waals surface area contributed by atoms with Crippen LogP contribution in [0.15, 0.2) is 29.3 Å². The number of benzene rings is 1. The number of hydrogen-bond donors (Lipinski definition) is 1. The van der Waals surface area contributed by atoms with Gasteiger partial charge in [-0.2, -0.15) is 0 Å². The largest absolute Gasteiger partial charge is 0.497 e. The molecular weight excluding hydrogens is 292 g/mol. The van der Waals surface area contributed by atoms with Crippen LogP contribution in [-0.4, -0.2) is 46.0 Å². The molecule has 0 spiro atoms. The summed E-state index contributed by atoms with van der Waals surface area (Å²) in [4.78, 5) is 28.9. The van der Waals surface area contributed by atoms with Crippen molar-refractivity contribution in [3.8, 4) is 5.75 Å². The molecule has 0 aliphatic carbocycles. The zero-order chi connectivity index (χ0) is 15.4. The molecule has 21 heavy (non-hydrogen) atoms. The van der Waals surface area contributed by atoms with Crippen LogP contribution in [0, 0.1) is 0 Å². The Hall–Kier alpha value is -2.02. The average molecular weight is 308 g/mol. The van der Waals surface area contributed by atoms with Gasteiger partial charge in [0.05, 0.1) is 19.2 Å². The molecule has 6 nitrogen and oxygen atoms in total. The van der Waals surface area contributed by atoms with Crippen LogP contribution in [0.2, 0.25) is 0 Å². The molecule has 1 N–H and O–H groups in total. The summed E-state index contributed by atoms with van der Waals surface area (Å²) in [5.41, 5.74) is 0.695. The van der Waals surface area contributed by atoms with Crippen LogP contribution >= 0.6 is 11.8 Å². The van der Waals surface area contributed by atoms with Gasteiger partial charge in [0.25, 0.3) is 0 Å². The van der Waals surface area contributed by atoms with E-state index in [4.69, 9.17) is 9.84 Å². The number of nitrogens with zero attached hydrogens (tertiary/aromatic N) is 2. The highest BCUT2D eigenvalue weighted by Crippen LogP contribution is 2.31. The molecule has 0 unspecified atom stereocenters. The van der Waals surface area contributed by atoms with Gasteiger partial charge in [0.15, 0.2) is 5.17 Å². The highest BCUT2D eigenvalue weighted by atomic mass is 32.2. The van der Waals surface area contributed by atoms with Crippen LogP contribution in [-0.2, 0) is 9.59 Å². The van der Waals surface area contributed by atoms with Crippen LogP contribution < -0.4 is 4.74 Å². The minimum Gasteiger partial charge on any atom is -0.497 e. The molecule has 0 saturated carbocycles. The van der Waals surface area contributed by atoms with E-state index in [9.17, 15) is 9.59 Å². The topological polar surface area (TPSA) is 79.2 Å². The van der Waals surface area contributed by atoms with Crippen molar-refractivity contribution in [1.82, 2.24) is 4.90 Å². The lowest BCUT2D eigenvalue weighted by molar-refractivity contribution is -0.139. The number of carboxylic acids is 1. The van der Waals surface area contributed by atoms with Gasteiger partial charge in [-0.1, -0.05) is 11.8 Å². The van der Waals surface area contributed by atoms with E-state index in [0.29, 0.717) is 17.4 Å². The number of amidine groups is 1.